The Balaban J connectivity index is 1.91. The minimum atomic E-state index is 0.640. The number of likely N-dealkylation sites (tertiary alicyclic amines) is 1. The summed E-state index contributed by atoms with van der Waals surface area (Å²) in [5, 5.41) is 3.48. The van der Waals surface area contributed by atoms with E-state index in [0.29, 0.717) is 5.41 Å². The van der Waals surface area contributed by atoms with Crippen LogP contribution < -0.4 is 5.32 Å². The highest BCUT2D eigenvalue weighted by atomic mass is 15.1. The van der Waals surface area contributed by atoms with Crippen LogP contribution >= 0.6 is 0 Å². The summed E-state index contributed by atoms with van der Waals surface area (Å²) in [4.78, 5) is 2.69. The summed E-state index contributed by atoms with van der Waals surface area (Å²) in [5.41, 5.74) is 0.640. The number of unbranched alkanes of at least 4 members (excludes halogenated alkanes) is 3. The van der Waals surface area contributed by atoms with Gasteiger partial charge in [-0.15, -0.1) is 0 Å². The molecule has 0 spiro atoms. The molecule has 1 fully saturated rings. The van der Waals surface area contributed by atoms with Gasteiger partial charge in [-0.25, -0.2) is 0 Å². The lowest BCUT2D eigenvalue weighted by atomic mass is 9.78. The van der Waals surface area contributed by atoms with Crippen LogP contribution in [0.3, 0.4) is 0 Å². The molecule has 0 unspecified atom stereocenters. The topological polar surface area (TPSA) is 15.3 Å². The minimum Gasteiger partial charge on any atom is -0.317 e. The van der Waals surface area contributed by atoms with E-state index in [0.717, 1.165) is 0 Å². The summed E-state index contributed by atoms with van der Waals surface area (Å²) >= 11 is 0. The molecule has 0 aromatic rings. The monoisotopic (exact) mass is 268 g/mol. The highest BCUT2D eigenvalue weighted by Gasteiger charge is 2.27. The second kappa shape index (κ2) is 9.77. The van der Waals surface area contributed by atoms with E-state index in [9.17, 15) is 0 Å². The van der Waals surface area contributed by atoms with Gasteiger partial charge in [0.2, 0.25) is 0 Å². The molecule has 0 radical (unpaired) electrons. The molecule has 19 heavy (non-hydrogen) atoms. The van der Waals surface area contributed by atoms with Gasteiger partial charge in [0.05, 0.1) is 0 Å². The van der Waals surface area contributed by atoms with Gasteiger partial charge < -0.3 is 10.2 Å². The molecule has 0 bridgehead atoms. The SMILES string of the molecule is CCCNCCCCCCN1CCC(C)(CC)CC1. The Labute approximate surface area is 121 Å². The van der Waals surface area contributed by atoms with E-state index < -0.39 is 0 Å². The Kier molecular flexibility index (Phi) is 8.72. The zero-order valence-electron chi connectivity index (χ0n) is 13.6. The number of hydrogen-bond donors (Lipinski definition) is 1. The maximum Gasteiger partial charge on any atom is -0.00135 e. The lowest BCUT2D eigenvalue weighted by molar-refractivity contribution is 0.113. The molecule has 1 aliphatic rings. The van der Waals surface area contributed by atoms with Crippen molar-refractivity contribution >= 4 is 0 Å². The molecule has 0 aliphatic carbocycles. The average molecular weight is 268 g/mol. The predicted octanol–water partition coefficient (Wildman–Crippen LogP) is 4.06. The summed E-state index contributed by atoms with van der Waals surface area (Å²) in [7, 11) is 0. The molecule has 1 rings (SSSR count). The van der Waals surface area contributed by atoms with Crippen LogP contribution in [0.5, 0.6) is 0 Å². The van der Waals surface area contributed by atoms with Crippen molar-refractivity contribution < 1.29 is 0 Å². The van der Waals surface area contributed by atoms with Crippen molar-refractivity contribution in [2.45, 2.75) is 72.1 Å². The van der Waals surface area contributed by atoms with Gasteiger partial charge in [-0.05, 0) is 70.2 Å². The van der Waals surface area contributed by atoms with E-state index in [4.69, 9.17) is 0 Å². The molecule has 0 aromatic carbocycles. The molecule has 2 nitrogen and oxygen atoms in total. The normalized spacial score (nSPS) is 19.7. The summed E-state index contributed by atoms with van der Waals surface area (Å²) < 4.78 is 0. The van der Waals surface area contributed by atoms with Crippen LogP contribution in [-0.4, -0.2) is 37.6 Å². The summed E-state index contributed by atoms with van der Waals surface area (Å²) in [6.07, 6.45) is 11.0. The summed E-state index contributed by atoms with van der Waals surface area (Å²) in [6.45, 7) is 13.5. The van der Waals surface area contributed by atoms with E-state index in [-0.39, 0.29) is 0 Å². The van der Waals surface area contributed by atoms with Crippen LogP contribution in [0.1, 0.15) is 72.1 Å². The highest BCUT2D eigenvalue weighted by Crippen LogP contribution is 2.33. The van der Waals surface area contributed by atoms with Crippen molar-refractivity contribution in [2.75, 3.05) is 32.7 Å². The number of hydrogen-bond acceptors (Lipinski definition) is 2. The summed E-state index contributed by atoms with van der Waals surface area (Å²) in [6, 6.07) is 0. The number of nitrogens with zero attached hydrogens (tertiary/aromatic N) is 1. The molecule has 1 saturated heterocycles. The minimum absolute atomic E-state index is 0.640. The van der Waals surface area contributed by atoms with E-state index in [1.165, 1.54) is 84.1 Å². The lowest BCUT2D eigenvalue weighted by Gasteiger charge is -2.39. The zero-order valence-corrected chi connectivity index (χ0v) is 13.6. The van der Waals surface area contributed by atoms with E-state index in [1.54, 1.807) is 0 Å². The van der Waals surface area contributed by atoms with Gasteiger partial charge in [0.25, 0.3) is 0 Å². The van der Waals surface area contributed by atoms with Crippen LogP contribution in [0.15, 0.2) is 0 Å². The molecular formula is C17H36N2. The largest absolute Gasteiger partial charge is 0.317 e. The maximum absolute atomic E-state index is 3.48. The Morgan fingerprint density at radius 1 is 0.947 bits per heavy atom. The molecule has 114 valence electrons. The molecular weight excluding hydrogens is 232 g/mol. The Bertz CT molecular complexity index is 207. The third-order valence-electron chi connectivity index (χ3n) is 4.92. The fourth-order valence-electron chi connectivity index (χ4n) is 2.91. The van der Waals surface area contributed by atoms with Crippen molar-refractivity contribution in [3.05, 3.63) is 0 Å². The second-order valence-corrected chi connectivity index (χ2v) is 6.67. The molecule has 0 atom stereocenters. The molecule has 0 saturated carbocycles. The first-order valence-electron chi connectivity index (χ1n) is 8.63. The first-order chi connectivity index (χ1) is 9.20. The maximum atomic E-state index is 3.48. The Morgan fingerprint density at radius 2 is 1.63 bits per heavy atom. The van der Waals surface area contributed by atoms with E-state index in [2.05, 4.69) is 31.0 Å². The summed E-state index contributed by atoms with van der Waals surface area (Å²) in [5.74, 6) is 0. The number of piperidine rings is 1. The molecule has 2 heteroatoms. The Hall–Kier alpha value is -0.0800. The van der Waals surface area contributed by atoms with Gasteiger partial charge in [-0.2, -0.15) is 0 Å². The number of nitrogens with one attached hydrogen (secondary N) is 1. The molecule has 0 amide bonds. The fourth-order valence-corrected chi connectivity index (χ4v) is 2.91. The fraction of sp³-hybridized carbons (Fsp3) is 1.00. The highest BCUT2D eigenvalue weighted by molar-refractivity contribution is 4.81. The third-order valence-corrected chi connectivity index (χ3v) is 4.92. The van der Waals surface area contributed by atoms with E-state index in [1.807, 2.05) is 0 Å². The van der Waals surface area contributed by atoms with Crippen molar-refractivity contribution in [3.8, 4) is 0 Å². The zero-order chi connectivity index (χ0) is 14.0. The quantitative estimate of drug-likeness (QED) is 0.601. The van der Waals surface area contributed by atoms with Crippen LogP contribution in [0.2, 0.25) is 0 Å². The van der Waals surface area contributed by atoms with Gasteiger partial charge in [0.15, 0.2) is 0 Å². The van der Waals surface area contributed by atoms with Crippen molar-refractivity contribution in [1.29, 1.82) is 0 Å². The van der Waals surface area contributed by atoms with Crippen molar-refractivity contribution in [2.24, 2.45) is 5.41 Å². The molecule has 0 aromatic heterocycles. The Morgan fingerprint density at radius 3 is 2.26 bits per heavy atom. The van der Waals surface area contributed by atoms with Gasteiger partial charge in [0.1, 0.15) is 0 Å². The van der Waals surface area contributed by atoms with Gasteiger partial charge in [-0.3, -0.25) is 0 Å². The standard InChI is InChI=1S/C17H36N2/c1-4-12-18-13-8-6-7-9-14-19-15-10-17(3,5-2)11-16-19/h18H,4-16H2,1-3H3. The second-order valence-electron chi connectivity index (χ2n) is 6.67. The van der Waals surface area contributed by atoms with Crippen LogP contribution in [0.4, 0.5) is 0 Å². The van der Waals surface area contributed by atoms with Crippen LogP contribution in [0, 0.1) is 5.41 Å². The van der Waals surface area contributed by atoms with Gasteiger partial charge >= 0.3 is 0 Å². The smallest absolute Gasteiger partial charge is 0.00135 e. The molecule has 1 N–H and O–H groups in total. The van der Waals surface area contributed by atoms with Crippen molar-refractivity contribution in [1.82, 2.24) is 10.2 Å². The number of rotatable bonds is 10. The van der Waals surface area contributed by atoms with Crippen LogP contribution in [0.25, 0.3) is 0 Å². The molecule has 1 aliphatic heterocycles. The third kappa shape index (κ3) is 7.31. The first kappa shape index (κ1) is 17.0. The predicted molar refractivity (Wildman–Crippen MR) is 85.7 cm³/mol. The van der Waals surface area contributed by atoms with Crippen molar-refractivity contribution in [3.63, 3.8) is 0 Å². The molecule has 1 heterocycles. The van der Waals surface area contributed by atoms with Gasteiger partial charge in [-0.1, -0.05) is 40.0 Å². The average Bonchev–Trinajstić information content (AvgIpc) is 2.44. The first-order valence-corrected chi connectivity index (χ1v) is 8.63. The van der Waals surface area contributed by atoms with Gasteiger partial charge in [0, 0.05) is 0 Å². The lowest BCUT2D eigenvalue weighted by Crippen LogP contribution is -2.38. The van der Waals surface area contributed by atoms with E-state index >= 15 is 0 Å². The van der Waals surface area contributed by atoms with Crippen LogP contribution in [-0.2, 0) is 0 Å².